The maximum atomic E-state index is 10.9. The number of likely N-dealkylation sites (tertiary alicyclic amines) is 1. The molecule has 0 spiro atoms. The molecular weight excluding hydrogens is 156 g/mol. The average Bonchev–Trinajstić information content (AvgIpc) is 2.35. The first kappa shape index (κ1) is 9.48. The van der Waals surface area contributed by atoms with E-state index in [-0.39, 0.29) is 0 Å². The fourth-order valence-electron chi connectivity index (χ4n) is 1.78. The summed E-state index contributed by atoms with van der Waals surface area (Å²) in [5.41, 5.74) is 4.73. The van der Waals surface area contributed by atoms with Crippen LogP contribution in [0.2, 0.25) is 0 Å². The molecule has 1 fully saturated rings. The molecule has 0 aromatic rings. The van der Waals surface area contributed by atoms with Gasteiger partial charge in [-0.05, 0) is 26.3 Å². The van der Waals surface area contributed by atoms with Crippen molar-refractivity contribution in [2.24, 2.45) is 5.73 Å². The molecule has 0 aromatic carbocycles. The molecule has 0 amide bonds. The molecule has 12 heavy (non-hydrogen) atoms. The van der Waals surface area contributed by atoms with Crippen LogP contribution in [0.3, 0.4) is 0 Å². The van der Waals surface area contributed by atoms with Gasteiger partial charge in [-0.3, -0.25) is 9.69 Å². The molecule has 70 valence electrons. The van der Waals surface area contributed by atoms with Gasteiger partial charge in [0.15, 0.2) is 0 Å². The number of carbonyl (C=O) groups is 1. The maximum absolute atomic E-state index is 10.9. The first-order valence-corrected chi connectivity index (χ1v) is 4.30. The van der Waals surface area contributed by atoms with Crippen LogP contribution in [0.1, 0.15) is 19.8 Å². The van der Waals surface area contributed by atoms with Gasteiger partial charge in [0.25, 0.3) is 0 Å². The second kappa shape index (κ2) is 3.41. The number of carboxylic acids is 1. The van der Waals surface area contributed by atoms with E-state index >= 15 is 0 Å². The number of hydrogen-bond donors (Lipinski definition) is 2. The molecule has 1 aliphatic heterocycles. The second-order valence-electron chi connectivity index (χ2n) is 3.46. The molecule has 1 saturated heterocycles. The smallest absolute Gasteiger partial charge is 0.323 e. The van der Waals surface area contributed by atoms with Crippen LogP contribution in [0, 0.1) is 0 Å². The zero-order valence-electron chi connectivity index (χ0n) is 7.42. The number of aliphatic carboxylic acids is 1. The van der Waals surface area contributed by atoms with E-state index in [1.807, 2.05) is 4.90 Å². The molecule has 1 rings (SSSR count). The lowest BCUT2D eigenvalue weighted by atomic mass is 9.99. The normalized spacial score (nSPS) is 30.8. The predicted octanol–water partition coefficient (Wildman–Crippen LogP) is -0.116. The van der Waals surface area contributed by atoms with Crippen LogP contribution in [0.5, 0.6) is 0 Å². The highest BCUT2D eigenvalue weighted by Gasteiger charge is 2.42. The number of hydrogen-bond acceptors (Lipinski definition) is 3. The average molecular weight is 172 g/mol. The van der Waals surface area contributed by atoms with Crippen LogP contribution in [0.4, 0.5) is 0 Å². The summed E-state index contributed by atoms with van der Waals surface area (Å²) >= 11 is 0. The lowest BCUT2D eigenvalue weighted by Crippen LogP contribution is -2.49. The highest BCUT2D eigenvalue weighted by atomic mass is 16.4. The van der Waals surface area contributed by atoms with Crippen molar-refractivity contribution in [1.82, 2.24) is 4.90 Å². The Balaban J connectivity index is 2.67. The third-order valence-corrected chi connectivity index (χ3v) is 2.65. The Labute approximate surface area is 72.3 Å². The zero-order chi connectivity index (χ0) is 9.19. The molecule has 1 aliphatic rings. The van der Waals surface area contributed by atoms with Crippen molar-refractivity contribution in [3.05, 3.63) is 0 Å². The summed E-state index contributed by atoms with van der Waals surface area (Å²) in [7, 11) is 0. The van der Waals surface area contributed by atoms with E-state index in [9.17, 15) is 4.79 Å². The van der Waals surface area contributed by atoms with E-state index < -0.39 is 11.5 Å². The Morgan fingerprint density at radius 3 is 2.92 bits per heavy atom. The van der Waals surface area contributed by atoms with Gasteiger partial charge in [0, 0.05) is 13.1 Å². The summed E-state index contributed by atoms with van der Waals surface area (Å²) in [6.45, 7) is 3.85. The van der Waals surface area contributed by atoms with Gasteiger partial charge in [-0.15, -0.1) is 0 Å². The van der Waals surface area contributed by atoms with Crippen LogP contribution in [0.25, 0.3) is 0 Å². The molecule has 1 unspecified atom stereocenters. The van der Waals surface area contributed by atoms with Gasteiger partial charge in [0.2, 0.25) is 0 Å². The molecule has 0 aliphatic carbocycles. The molecule has 0 saturated carbocycles. The third-order valence-electron chi connectivity index (χ3n) is 2.65. The van der Waals surface area contributed by atoms with E-state index in [4.69, 9.17) is 10.8 Å². The first-order chi connectivity index (χ1) is 5.61. The molecule has 4 nitrogen and oxygen atoms in total. The Morgan fingerprint density at radius 1 is 1.75 bits per heavy atom. The largest absolute Gasteiger partial charge is 0.480 e. The number of nitrogens with two attached hydrogens (primary N) is 1. The fourth-order valence-corrected chi connectivity index (χ4v) is 1.78. The fraction of sp³-hybridized carbons (Fsp3) is 0.875. The molecule has 1 atom stereocenters. The quantitative estimate of drug-likeness (QED) is 0.623. The highest BCUT2D eigenvalue weighted by Crippen LogP contribution is 2.28. The summed E-state index contributed by atoms with van der Waals surface area (Å²) in [4.78, 5) is 12.9. The van der Waals surface area contributed by atoms with E-state index in [2.05, 4.69) is 0 Å². The minimum absolute atomic E-state index is 0.531. The zero-order valence-corrected chi connectivity index (χ0v) is 7.42. The first-order valence-electron chi connectivity index (χ1n) is 4.30. The van der Waals surface area contributed by atoms with Crippen LogP contribution in [-0.4, -0.2) is 41.1 Å². The van der Waals surface area contributed by atoms with Crippen molar-refractivity contribution in [1.29, 1.82) is 0 Å². The van der Waals surface area contributed by atoms with Crippen LogP contribution in [-0.2, 0) is 4.79 Å². The van der Waals surface area contributed by atoms with Gasteiger partial charge in [-0.1, -0.05) is 0 Å². The van der Waals surface area contributed by atoms with Crippen molar-refractivity contribution in [3.63, 3.8) is 0 Å². The maximum Gasteiger partial charge on any atom is 0.323 e. The lowest BCUT2D eigenvalue weighted by molar-refractivity contribution is -0.148. The molecule has 1 heterocycles. The Bertz CT molecular complexity index is 184. The highest BCUT2D eigenvalue weighted by molar-refractivity contribution is 5.78. The minimum atomic E-state index is -0.728. The molecule has 4 heteroatoms. The molecule has 0 radical (unpaired) electrons. The van der Waals surface area contributed by atoms with Crippen LogP contribution >= 0.6 is 0 Å². The predicted molar refractivity (Wildman–Crippen MR) is 45.9 cm³/mol. The summed E-state index contributed by atoms with van der Waals surface area (Å²) in [6.07, 6.45) is 1.70. The second-order valence-corrected chi connectivity index (χ2v) is 3.46. The van der Waals surface area contributed by atoms with Crippen molar-refractivity contribution in [2.75, 3.05) is 19.6 Å². The number of rotatable bonds is 3. The van der Waals surface area contributed by atoms with Gasteiger partial charge >= 0.3 is 5.97 Å². The molecule has 3 N–H and O–H groups in total. The van der Waals surface area contributed by atoms with Gasteiger partial charge in [-0.2, -0.15) is 0 Å². The number of nitrogens with zero attached hydrogens (tertiary/aromatic N) is 1. The van der Waals surface area contributed by atoms with Crippen molar-refractivity contribution in [3.8, 4) is 0 Å². The Hall–Kier alpha value is -0.610. The lowest BCUT2D eigenvalue weighted by Gasteiger charge is -2.30. The monoisotopic (exact) mass is 172 g/mol. The summed E-state index contributed by atoms with van der Waals surface area (Å²) in [6, 6.07) is 0. The molecule has 0 aromatic heterocycles. The van der Waals surface area contributed by atoms with Gasteiger partial charge in [0.05, 0.1) is 0 Å². The van der Waals surface area contributed by atoms with Gasteiger partial charge in [0.1, 0.15) is 5.54 Å². The van der Waals surface area contributed by atoms with Gasteiger partial charge < -0.3 is 10.8 Å². The van der Waals surface area contributed by atoms with Crippen LogP contribution in [0.15, 0.2) is 0 Å². The summed E-state index contributed by atoms with van der Waals surface area (Å²) < 4.78 is 0. The number of carboxylic acid groups (broad SMARTS) is 1. The summed E-state index contributed by atoms with van der Waals surface area (Å²) in [5.74, 6) is -0.728. The Morgan fingerprint density at radius 2 is 2.42 bits per heavy atom. The van der Waals surface area contributed by atoms with E-state index in [0.29, 0.717) is 13.1 Å². The van der Waals surface area contributed by atoms with Crippen molar-refractivity contribution in [2.45, 2.75) is 25.3 Å². The molecule has 0 bridgehead atoms. The third kappa shape index (κ3) is 1.44. The van der Waals surface area contributed by atoms with Crippen molar-refractivity contribution >= 4 is 5.97 Å². The molecular formula is C8H16N2O2. The summed E-state index contributed by atoms with van der Waals surface area (Å²) in [5, 5.41) is 8.99. The van der Waals surface area contributed by atoms with Gasteiger partial charge in [-0.25, -0.2) is 0 Å². The van der Waals surface area contributed by atoms with E-state index in [1.165, 1.54) is 0 Å². The van der Waals surface area contributed by atoms with Crippen molar-refractivity contribution < 1.29 is 9.90 Å². The topological polar surface area (TPSA) is 66.6 Å². The minimum Gasteiger partial charge on any atom is -0.480 e. The van der Waals surface area contributed by atoms with E-state index in [0.717, 1.165) is 19.4 Å². The SMILES string of the molecule is CC1(C(=O)O)CCCN1CCN. The Kier molecular flexibility index (Phi) is 2.69. The standard InChI is InChI=1S/C8H16N2O2/c1-8(7(11)12)3-2-5-10(8)6-4-9/h2-6,9H2,1H3,(H,11,12). The van der Waals surface area contributed by atoms with Crippen LogP contribution < -0.4 is 5.73 Å². The van der Waals surface area contributed by atoms with E-state index in [1.54, 1.807) is 6.92 Å².